The SMILES string of the molecule is CC(C)CCOc1cccc(C2c3c(oc4ccccc4c3=O)C(=O)N2c2ncccn2)c1. The fourth-order valence-electron chi connectivity index (χ4n) is 4.04. The van der Waals surface area contributed by atoms with Gasteiger partial charge < -0.3 is 9.15 Å². The highest BCUT2D eigenvalue weighted by molar-refractivity contribution is 6.09. The lowest BCUT2D eigenvalue weighted by Crippen LogP contribution is -2.31. The summed E-state index contributed by atoms with van der Waals surface area (Å²) in [6.45, 7) is 4.87. The second-order valence-electron chi connectivity index (χ2n) is 8.40. The molecule has 2 aromatic carbocycles. The van der Waals surface area contributed by atoms with Gasteiger partial charge in [0.1, 0.15) is 11.3 Å². The molecular formula is C26H23N3O4. The van der Waals surface area contributed by atoms with Crippen molar-refractivity contribution in [1.29, 1.82) is 0 Å². The van der Waals surface area contributed by atoms with Gasteiger partial charge in [-0.2, -0.15) is 0 Å². The van der Waals surface area contributed by atoms with Crippen LogP contribution in [0.25, 0.3) is 11.0 Å². The molecule has 1 amide bonds. The molecule has 7 nitrogen and oxygen atoms in total. The Kier molecular flexibility index (Phi) is 5.38. The Balaban J connectivity index is 1.67. The van der Waals surface area contributed by atoms with Crippen LogP contribution in [-0.2, 0) is 0 Å². The second-order valence-corrected chi connectivity index (χ2v) is 8.40. The highest BCUT2D eigenvalue weighted by atomic mass is 16.5. The number of nitrogens with zero attached hydrogens (tertiary/aromatic N) is 3. The molecule has 7 heteroatoms. The van der Waals surface area contributed by atoms with Crippen LogP contribution in [0.4, 0.5) is 5.95 Å². The lowest BCUT2D eigenvalue weighted by atomic mass is 9.98. The van der Waals surface area contributed by atoms with E-state index < -0.39 is 11.9 Å². The minimum atomic E-state index is -0.732. The monoisotopic (exact) mass is 441 g/mol. The van der Waals surface area contributed by atoms with E-state index in [0.29, 0.717) is 29.2 Å². The van der Waals surface area contributed by atoms with E-state index in [9.17, 15) is 9.59 Å². The normalized spacial score (nSPS) is 15.3. The highest BCUT2D eigenvalue weighted by Gasteiger charge is 2.45. The first kappa shape index (κ1) is 20.9. The van der Waals surface area contributed by atoms with Crippen LogP contribution in [0.15, 0.2) is 76.2 Å². The van der Waals surface area contributed by atoms with Crippen LogP contribution in [0.1, 0.15) is 48.0 Å². The summed E-state index contributed by atoms with van der Waals surface area (Å²) in [5.41, 5.74) is 1.13. The van der Waals surface area contributed by atoms with Gasteiger partial charge in [-0.05, 0) is 48.2 Å². The average Bonchev–Trinajstić information content (AvgIpc) is 3.12. The van der Waals surface area contributed by atoms with Crippen molar-refractivity contribution in [2.24, 2.45) is 5.92 Å². The molecule has 33 heavy (non-hydrogen) atoms. The van der Waals surface area contributed by atoms with Gasteiger partial charge in [-0.1, -0.05) is 38.1 Å². The van der Waals surface area contributed by atoms with Crippen molar-refractivity contribution in [3.63, 3.8) is 0 Å². The molecule has 1 aliphatic rings. The molecule has 0 radical (unpaired) electrons. The van der Waals surface area contributed by atoms with E-state index >= 15 is 0 Å². The van der Waals surface area contributed by atoms with Gasteiger partial charge in [-0.3, -0.25) is 14.5 Å². The molecule has 0 saturated carbocycles. The summed E-state index contributed by atoms with van der Waals surface area (Å²) in [6, 6.07) is 15.3. The van der Waals surface area contributed by atoms with E-state index in [2.05, 4.69) is 23.8 Å². The number of para-hydroxylation sites is 1. The Morgan fingerprint density at radius 1 is 1.03 bits per heavy atom. The van der Waals surface area contributed by atoms with Crippen LogP contribution in [0.5, 0.6) is 5.75 Å². The number of carbonyl (C=O) groups excluding carboxylic acids is 1. The van der Waals surface area contributed by atoms with Crippen molar-refractivity contribution in [2.45, 2.75) is 26.3 Å². The van der Waals surface area contributed by atoms with Gasteiger partial charge in [0.25, 0.3) is 5.91 Å². The molecule has 0 N–H and O–H groups in total. The van der Waals surface area contributed by atoms with Gasteiger partial charge in [0.15, 0.2) is 5.43 Å². The number of rotatable bonds is 6. The van der Waals surface area contributed by atoms with Crippen molar-refractivity contribution in [1.82, 2.24) is 9.97 Å². The van der Waals surface area contributed by atoms with Crippen molar-refractivity contribution >= 4 is 22.8 Å². The van der Waals surface area contributed by atoms with Gasteiger partial charge in [-0.25, -0.2) is 9.97 Å². The molecule has 1 unspecified atom stereocenters. The Labute approximate surface area is 190 Å². The molecule has 1 atom stereocenters. The zero-order valence-corrected chi connectivity index (χ0v) is 18.4. The summed E-state index contributed by atoms with van der Waals surface area (Å²) >= 11 is 0. The maximum Gasteiger partial charge on any atom is 0.297 e. The summed E-state index contributed by atoms with van der Waals surface area (Å²) < 4.78 is 11.9. The van der Waals surface area contributed by atoms with Crippen LogP contribution in [0.2, 0.25) is 0 Å². The minimum Gasteiger partial charge on any atom is -0.494 e. The summed E-state index contributed by atoms with van der Waals surface area (Å²) in [5, 5.41) is 0.425. The quantitative estimate of drug-likeness (QED) is 0.429. The summed E-state index contributed by atoms with van der Waals surface area (Å²) in [4.78, 5) is 37.0. The predicted octanol–water partition coefficient (Wildman–Crippen LogP) is 4.76. The van der Waals surface area contributed by atoms with E-state index in [1.807, 2.05) is 24.3 Å². The van der Waals surface area contributed by atoms with Gasteiger partial charge in [0.05, 0.1) is 23.6 Å². The fourth-order valence-corrected chi connectivity index (χ4v) is 4.04. The summed E-state index contributed by atoms with van der Waals surface area (Å²) in [7, 11) is 0. The second kappa shape index (κ2) is 8.50. The third-order valence-electron chi connectivity index (χ3n) is 5.68. The van der Waals surface area contributed by atoms with Crippen LogP contribution >= 0.6 is 0 Å². The topological polar surface area (TPSA) is 85.5 Å². The van der Waals surface area contributed by atoms with E-state index in [1.54, 1.807) is 42.7 Å². The average molecular weight is 441 g/mol. The van der Waals surface area contributed by atoms with Gasteiger partial charge in [0.2, 0.25) is 11.7 Å². The molecule has 0 saturated heterocycles. The van der Waals surface area contributed by atoms with Crippen molar-refractivity contribution in [3.8, 4) is 5.75 Å². The number of anilines is 1. The molecule has 166 valence electrons. The van der Waals surface area contributed by atoms with Crippen molar-refractivity contribution in [3.05, 3.63) is 94.1 Å². The molecule has 3 heterocycles. The number of aromatic nitrogens is 2. The van der Waals surface area contributed by atoms with Crippen LogP contribution in [0.3, 0.4) is 0 Å². The van der Waals surface area contributed by atoms with Gasteiger partial charge in [-0.15, -0.1) is 0 Å². The number of benzene rings is 2. The summed E-state index contributed by atoms with van der Waals surface area (Å²) in [5.74, 6) is 0.968. The maximum absolute atomic E-state index is 13.5. The van der Waals surface area contributed by atoms with Crippen molar-refractivity contribution < 1.29 is 13.9 Å². The number of carbonyl (C=O) groups is 1. The number of hydrogen-bond acceptors (Lipinski definition) is 6. The first-order valence-corrected chi connectivity index (χ1v) is 10.9. The van der Waals surface area contributed by atoms with Crippen LogP contribution in [-0.4, -0.2) is 22.5 Å². The van der Waals surface area contributed by atoms with Gasteiger partial charge >= 0.3 is 0 Å². The number of ether oxygens (including phenoxy) is 1. The van der Waals surface area contributed by atoms with E-state index in [4.69, 9.17) is 9.15 Å². The molecule has 0 fully saturated rings. The van der Waals surface area contributed by atoms with Crippen LogP contribution < -0.4 is 15.1 Å². The number of hydrogen-bond donors (Lipinski definition) is 0. The lowest BCUT2D eigenvalue weighted by Gasteiger charge is -2.23. The third kappa shape index (κ3) is 3.75. The Morgan fingerprint density at radius 3 is 2.61 bits per heavy atom. The lowest BCUT2D eigenvalue weighted by molar-refractivity contribution is 0.0969. The van der Waals surface area contributed by atoms with E-state index in [1.165, 1.54) is 4.90 Å². The van der Waals surface area contributed by atoms with Gasteiger partial charge in [0, 0.05) is 12.4 Å². The molecular weight excluding hydrogens is 418 g/mol. The first-order chi connectivity index (χ1) is 16.0. The minimum absolute atomic E-state index is 0.0160. The Morgan fingerprint density at radius 2 is 1.82 bits per heavy atom. The van der Waals surface area contributed by atoms with Crippen LogP contribution in [0, 0.1) is 5.92 Å². The number of fused-ring (bicyclic) bond motifs is 2. The number of amides is 1. The predicted molar refractivity (Wildman–Crippen MR) is 125 cm³/mol. The largest absolute Gasteiger partial charge is 0.494 e. The highest BCUT2D eigenvalue weighted by Crippen LogP contribution is 2.40. The fraction of sp³-hybridized carbons (Fsp3) is 0.231. The maximum atomic E-state index is 13.5. The smallest absolute Gasteiger partial charge is 0.297 e. The Hall–Kier alpha value is -4.00. The molecule has 0 spiro atoms. The van der Waals surface area contributed by atoms with E-state index in [0.717, 1.165) is 12.0 Å². The third-order valence-corrected chi connectivity index (χ3v) is 5.68. The zero-order valence-electron chi connectivity index (χ0n) is 18.4. The molecule has 0 aliphatic carbocycles. The zero-order chi connectivity index (χ0) is 22.9. The Bertz CT molecular complexity index is 1380. The molecule has 1 aliphatic heterocycles. The molecule has 5 rings (SSSR count). The standard InChI is InChI=1S/C26H23N3O4/c1-16(2)11-14-32-18-8-5-7-17(15-18)22-21-23(30)19-9-3-4-10-20(19)33-24(21)25(31)29(22)26-27-12-6-13-28-26/h3-10,12-13,15-16,22H,11,14H2,1-2H3. The van der Waals surface area contributed by atoms with E-state index in [-0.39, 0.29) is 22.7 Å². The molecule has 0 bridgehead atoms. The van der Waals surface area contributed by atoms with Crippen molar-refractivity contribution in [2.75, 3.05) is 11.5 Å². The molecule has 4 aromatic rings. The molecule has 2 aromatic heterocycles. The summed E-state index contributed by atoms with van der Waals surface area (Å²) in [6.07, 6.45) is 4.05. The first-order valence-electron chi connectivity index (χ1n) is 10.9.